The highest BCUT2D eigenvalue weighted by Gasteiger charge is 2.40. The number of hydrogen-bond donors (Lipinski definition) is 2. The van der Waals surface area contributed by atoms with Crippen molar-refractivity contribution in [2.45, 2.75) is 141 Å². The Bertz CT molecular complexity index is 3480. The van der Waals surface area contributed by atoms with E-state index in [9.17, 15) is 37.2 Å². The van der Waals surface area contributed by atoms with Crippen LogP contribution in [0.25, 0.3) is 0 Å². The van der Waals surface area contributed by atoms with Gasteiger partial charge in [0, 0.05) is 84.0 Å². The average Bonchev–Trinajstić information content (AvgIpc) is 2.38. The fraction of sp³-hybridized carbons (Fsp3) is 0.438. The number of benzene rings is 5. The van der Waals surface area contributed by atoms with Crippen LogP contribution in [-0.2, 0) is 66.0 Å². The predicted octanol–water partition coefficient (Wildman–Crippen LogP) is 10.4. The van der Waals surface area contributed by atoms with Crippen LogP contribution in [0, 0.1) is 12.8 Å². The largest absolute Gasteiger partial charge is 0.493 e. The van der Waals surface area contributed by atoms with Gasteiger partial charge in [0.2, 0.25) is 11.8 Å². The summed E-state index contributed by atoms with van der Waals surface area (Å²) < 4.78 is 47.9. The third-order valence-corrected chi connectivity index (χ3v) is 21.3. The number of carbonyl (C=O) groups is 6. The number of carbonyl (C=O) groups excluding carboxylic acids is 6. The maximum atomic E-state index is 14.3. The van der Waals surface area contributed by atoms with E-state index in [0.29, 0.717) is 70.3 Å². The number of methoxy groups -OCH3 is 1. The minimum absolute atomic E-state index is 0.0132. The lowest BCUT2D eigenvalue weighted by molar-refractivity contribution is -0.129. The van der Waals surface area contributed by atoms with Gasteiger partial charge in [0.1, 0.15) is 24.2 Å². The van der Waals surface area contributed by atoms with E-state index >= 15 is 0 Å². The molecule has 4 aliphatic heterocycles. The summed E-state index contributed by atoms with van der Waals surface area (Å²) in [6.07, 6.45) is 3.65. The van der Waals surface area contributed by atoms with Crippen molar-refractivity contribution < 1.29 is 55.6 Å². The van der Waals surface area contributed by atoms with E-state index in [1.807, 2.05) is 104 Å². The third kappa shape index (κ3) is 13.8. The Morgan fingerprint density at radius 3 is 2.05 bits per heavy atom. The topological polar surface area (TPSA) is 207 Å². The molecule has 5 aromatic carbocycles. The maximum absolute atomic E-state index is 14.3. The van der Waals surface area contributed by atoms with Crippen LogP contribution in [0.4, 0.5) is 22.7 Å². The lowest BCUT2D eigenvalue weighted by atomic mass is 9.99. The van der Waals surface area contributed by atoms with Gasteiger partial charge >= 0.3 is 0 Å². The van der Waals surface area contributed by atoms with Crippen LogP contribution in [0.1, 0.15) is 127 Å². The first-order valence-corrected chi connectivity index (χ1v) is 32.4. The van der Waals surface area contributed by atoms with Crippen molar-refractivity contribution in [1.29, 1.82) is 0 Å². The van der Waals surface area contributed by atoms with E-state index in [1.54, 1.807) is 40.0 Å². The summed E-state index contributed by atoms with van der Waals surface area (Å²) in [6.45, 7) is 11.5. The molecular weight excluding hydrogens is 1130 g/mol. The van der Waals surface area contributed by atoms with E-state index in [-0.39, 0.29) is 74.5 Å². The highest BCUT2D eigenvalue weighted by Crippen LogP contribution is 2.43. The normalized spacial score (nSPS) is 17.3. The molecule has 0 spiro atoms. The first-order valence-electron chi connectivity index (χ1n) is 28.6. The lowest BCUT2D eigenvalue weighted by Gasteiger charge is -2.25. The number of nitrogens with one attached hydrogen (secondary N) is 2. The molecule has 17 nitrogen and oxygen atoms in total. The van der Waals surface area contributed by atoms with Crippen molar-refractivity contribution in [3.8, 4) is 17.2 Å². The molecule has 9 rings (SSSR count). The summed E-state index contributed by atoms with van der Waals surface area (Å²) in [7, 11) is 3.49. The minimum Gasteiger partial charge on any atom is -0.493 e. The molecule has 5 aromatic rings. The number of hydrogen-bond acceptors (Lipinski definition) is 15. The molecule has 0 saturated heterocycles. The molecule has 5 atom stereocenters. The van der Waals surface area contributed by atoms with Crippen LogP contribution in [0.3, 0.4) is 0 Å². The number of ether oxygens (including phenoxy) is 3. The summed E-state index contributed by atoms with van der Waals surface area (Å²) in [5.41, 5.74) is 9.62. The fourth-order valence-electron chi connectivity index (χ4n) is 11.6. The molecule has 20 heteroatoms. The van der Waals surface area contributed by atoms with Gasteiger partial charge in [0.15, 0.2) is 23.1 Å². The number of para-hydroxylation sites is 2. The highest BCUT2D eigenvalue weighted by molar-refractivity contribution is 8.77. The summed E-state index contributed by atoms with van der Waals surface area (Å²) in [4.78, 5) is 87.5. The quantitative estimate of drug-likeness (QED) is 0.0317. The Labute approximate surface area is 500 Å². The second kappa shape index (κ2) is 26.2. The number of Topliss-reactive ketones (excluding diaryl/α,β-unsaturated/α-hetero) is 2. The molecule has 2 N–H and O–H groups in total. The molecular formula is C64H75N5O12S3. The molecule has 446 valence electrons. The second-order valence-electron chi connectivity index (χ2n) is 22.9. The number of ketones is 2. The molecule has 84 heavy (non-hydrogen) atoms. The maximum Gasteiger partial charge on any atom is 0.277 e. The standard InChI is InChI=1S/C64H75N5O12S3/c1-10-54(70)59(84(76,77)79-9)22-24-82-83-64(5,6)23-21-60(72)65-40(4)55(71)26-39(3)61(73)66-46-28-41(36-80-56-34-53-50(25-38(56)2)63(75)69-48(35-67(53)7)31-45-16-12-14-18-52(45)69)27-42(29-46)37-81-58-32-43-19-20-47-30-44-15-11-13-17-51(44)68(47)62(74)49(43)33-57(58)78-8/h11-18,25,27-29,32-34,39-40,47-48,59H,10,19-24,26,30-31,35-37H2,1-9H3,(H,65,72)(H,66,73)/t39-,40-,47+,48-,59?/m0/s1. The zero-order valence-electron chi connectivity index (χ0n) is 49.2. The molecule has 4 amide bonds. The molecule has 0 fully saturated rings. The van der Waals surface area contributed by atoms with Crippen LogP contribution < -0.4 is 39.5 Å². The van der Waals surface area contributed by atoms with Crippen LogP contribution >= 0.6 is 21.6 Å². The summed E-state index contributed by atoms with van der Waals surface area (Å²) in [6, 6.07) is 28.3. The van der Waals surface area contributed by atoms with Crippen molar-refractivity contribution >= 4 is 89.7 Å². The van der Waals surface area contributed by atoms with E-state index in [1.165, 1.54) is 21.6 Å². The van der Waals surface area contributed by atoms with E-state index in [0.717, 1.165) is 65.7 Å². The van der Waals surface area contributed by atoms with Crippen LogP contribution in [0.2, 0.25) is 0 Å². The van der Waals surface area contributed by atoms with Crippen molar-refractivity contribution in [2.24, 2.45) is 5.92 Å². The first kappa shape index (κ1) is 61.7. The van der Waals surface area contributed by atoms with Crippen LogP contribution in [0.15, 0.2) is 91.0 Å². The first-order chi connectivity index (χ1) is 40.1. The molecule has 0 radical (unpaired) electrons. The predicted molar refractivity (Wildman–Crippen MR) is 330 cm³/mol. The molecule has 1 unspecified atom stereocenters. The average molecular weight is 1200 g/mol. The molecule has 0 aromatic heterocycles. The Morgan fingerprint density at radius 2 is 1.39 bits per heavy atom. The van der Waals surface area contributed by atoms with Gasteiger partial charge in [0.05, 0.1) is 37.6 Å². The van der Waals surface area contributed by atoms with Gasteiger partial charge in [0.25, 0.3) is 21.9 Å². The Balaban J connectivity index is 0.869. The molecule has 0 bridgehead atoms. The molecule has 0 saturated carbocycles. The van der Waals surface area contributed by atoms with Crippen LogP contribution in [0.5, 0.6) is 17.2 Å². The van der Waals surface area contributed by atoms with Gasteiger partial charge in [-0.25, -0.2) is 0 Å². The Morgan fingerprint density at radius 1 is 0.762 bits per heavy atom. The highest BCUT2D eigenvalue weighted by atomic mass is 33.1. The van der Waals surface area contributed by atoms with Gasteiger partial charge in [-0.1, -0.05) is 71.8 Å². The lowest BCUT2D eigenvalue weighted by Crippen LogP contribution is -2.41. The van der Waals surface area contributed by atoms with Crippen molar-refractivity contribution in [1.82, 2.24) is 5.32 Å². The van der Waals surface area contributed by atoms with Crippen molar-refractivity contribution in [3.05, 3.63) is 136 Å². The zero-order valence-corrected chi connectivity index (χ0v) is 51.7. The van der Waals surface area contributed by atoms with Crippen molar-refractivity contribution in [3.63, 3.8) is 0 Å². The number of likely N-dealkylation sites (N-methyl/N-ethyl adjacent to an activating group) is 1. The third-order valence-electron chi connectivity index (χ3n) is 16.3. The summed E-state index contributed by atoms with van der Waals surface area (Å²) >= 11 is 0. The number of aryl methyl sites for hydroxylation is 2. The molecule has 4 heterocycles. The van der Waals surface area contributed by atoms with Gasteiger partial charge in [-0.05, 0) is 148 Å². The Kier molecular flexibility index (Phi) is 19.2. The number of amides is 4. The monoisotopic (exact) mass is 1200 g/mol. The number of fused-ring (bicyclic) bond motifs is 8. The second-order valence-corrected chi connectivity index (χ2v) is 27.9. The number of nitrogens with zero attached hydrogens (tertiary/aromatic N) is 3. The van der Waals surface area contributed by atoms with E-state index in [2.05, 4.69) is 31.8 Å². The van der Waals surface area contributed by atoms with E-state index < -0.39 is 43.8 Å². The number of anilines is 4. The number of rotatable bonds is 25. The van der Waals surface area contributed by atoms with E-state index in [4.69, 9.17) is 14.2 Å². The van der Waals surface area contributed by atoms with Gasteiger partial charge in [-0.15, -0.1) is 0 Å². The molecule has 0 aliphatic carbocycles. The minimum atomic E-state index is -4.01. The fourth-order valence-corrected chi connectivity index (χ4v) is 15.6. The van der Waals surface area contributed by atoms with Gasteiger partial charge in [-0.3, -0.25) is 33.0 Å². The van der Waals surface area contributed by atoms with Crippen molar-refractivity contribution in [2.75, 3.05) is 53.6 Å². The van der Waals surface area contributed by atoms with Crippen LogP contribution in [-0.4, -0.2) is 105 Å². The van der Waals surface area contributed by atoms with Gasteiger partial charge < -0.3 is 39.5 Å². The van der Waals surface area contributed by atoms with Gasteiger partial charge in [-0.2, -0.15) is 8.42 Å². The summed E-state index contributed by atoms with van der Waals surface area (Å²) in [5, 5.41) is 4.59. The smallest absolute Gasteiger partial charge is 0.277 e. The summed E-state index contributed by atoms with van der Waals surface area (Å²) in [5.74, 6) is -0.510. The molecule has 4 aliphatic rings. The Hall–Kier alpha value is -6.87. The zero-order chi connectivity index (χ0) is 60.2. The SMILES string of the molecule is CCC(=O)C(CCSSC(C)(C)CCC(=O)N[C@@H](C)C(=O)C[C@H](C)C(=O)Nc1cc(COc2cc3c(cc2C)C(=O)N2c4ccccc4C[C@H]2CN3C)cc(COc2cc3c(cc2OC)C(=O)N2c4ccccc4C[C@H]2CC3)c1)S(=O)(=O)OC.